The molecule has 0 saturated carbocycles. The van der Waals surface area contributed by atoms with E-state index >= 15 is 0 Å². The van der Waals surface area contributed by atoms with Crippen LogP contribution in [0.3, 0.4) is 0 Å². The Labute approximate surface area is 199 Å². The van der Waals surface area contributed by atoms with E-state index in [0.717, 1.165) is 26.9 Å². The molecule has 0 aliphatic carbocycles. The fourth-order valence-electron chi connectivity index (χ4n) is 4.22. The first kappa shape index (κ1) is 27.0. The minimum absolute atomic E-state index is 0.156. The van der Waals surface area contributed by atoms with Crippen molar-refractivity contribution in [1.82, 2.24) is 9.80 Å². The number of hydrogen-bond acceptors (Lipinski definition) is 7. The predicted octanol–water partition coefficient (Wildman–Crippen LogP) is 2.76. The molecule has 10 heteroatoms. The first-order valence-electron chi connectivity index (χ1n) is 10.5. The number of aliphatic carboxylic acids is 2. The van der Waals surface area contributed by atoms with Crippen molar-refractivity contribution < 1.29 is 28.2 Å². The molecule has 0 radical (unpaired) electrons. The van der Waals surface area contributed by atoms with Gasteiger partial charge in [0.1, 0.15) is 0 Å². The van der Waals surface area contributed by atoms with Crippen LogP contribution >= 0.6 is 11.3 Å². The third-order valence-corrected chi connectivity index (χ3v) is 8.85. The van der Waals surface area contributed by atoms with E-state index in [2.05, 4.69) is 46.2 Å². The van der Waals surface area contributed by atoms with Gasteiger partial charge in [-0.05, 0) is 31.8 Å². The van der Waals surface area contributed by atoms with Gasteiger partial charge in [-0.2, -0.15) is 0 Å². The van der Waals surface area contributed by atoms with Gasteiger partial charge in [0.25, 0.3) is 11.9 Å². The van der Waals surface area contributed by atoms with Gasteiger partial charge in [0, 0.05) is 55.2 Å². The highest BCUT2D eigenvalue weighted by atomic mass is 32.2. The van der Waals surface area contributed by atoms with Gasteiger partial charge < -0.3 is 15.1 Å². The van der Waals surface area contributed by atoms with Crippen LogP contribution in [-0.4, -0.2) is 84.6 Å². The maximum atomic E-state index is 12.5. The lowest BCUT2D eigenvalue weighted by molar-refractivity contribution is -0.135. The Morgan fingerprint density at radius 2 is 1.61 bits per heavy atom. The Morgan fingerprint density at radius 3 is 2.15 bits per heavy atom. The predicted molar refractivity (Wildman–Crippen MR) is 130 cm³/mol. The summed E-state index contributed by atoms with van der Waals surface area (Å²) in [6, 6.07) is 14.9. The highest BCUT2D eigenvalue weighted by Gasteiger charge is 2.52. The second-order valence-corrected chi connectivity index (χ2v) is 11.9. The molecule has 0 spiro atoms. The third-order valence-electron chi connectivity index (χ3n) is 5.51. The van der Waals surface area contributed by atoms with Gasteiger partial charge in [-0.25, -0.2) is 8.42 Å². The van der Waals surface area contributed by atoms with E-state index in [1.54, 1.807) is 11.3 Å². The number of carboxylic acid groups (broad SMARTS) is 2. The SMILES string of the molecule is CC(=O)O.CC(=O)O.CN(C)[C@@H]1CS(=O)(=O)[C@H]2CN(Cc3ccc(-c4ccccc4)s3)C[C@@H]12. The minimum Gasteiger partial charge on any atom is -0.481 e. The van der Waals surface area contributed by atoms with E-state index in [0.29, 0.717) is 12.3 Å². The van der Waals surface area contributed by atoms with Crippen LogP contribution in [0.4, 0.5) is 0 Å². The number of hydrogen-bond donors (Lipinski definition) is 2. The van der Waals surface area contributed by atoms with Crippen molar-refractivity contribution in [3.05, 3.63) is 47.3 Å². The van der Waals surface area contributed by atoms with Crippen LogP contribution in [0.15, 0.2) is 42.5 Å². The average molecular weight is 497 g/mol. The summed E-state index contributed by atoms with van der Waals surface area (Å²) in [5, 5.41) is 14.6. The van der Waals surface area contributed by atoms with Crippen molar-refractivity contribution in [2.45, 2.75) is 31.7 Å². The monoisotopic (exact) mass is 496 g/mol. The lowest BCUT2D eigenvalue weighted by atomic mass is 10.00. The first-order chi connectivity index (χ1) is 15.4. The molecule has 3 atom stereocenters. The smallest absolute Gasteiger partial charge is 0.300 e. The van der Waals surface area contributed by atoms with E-state index in [1.807, 2.05) is 20.2 Å². The van der Waals surface area contributed by atoms with Gasteiger partial charge in [-0.1, -0.05) is 30.3 Å². The number of nitrogens with zero attached hydrogens (tertiary/aromatic N) is 2. The molecule has 1 aromatic carbocycles. The summed E-state index contributed by atoms with van der Waals surface area (Å²) in [6.07, 6.45) is 0. The summed E-state index contributed by atoms with van der Waals surface area (Å²) >= 11 is 1.81. The van der Waals surface area contributed by atoms with Crippen LogP contribution in [0.2, 0.25) is 0 Å². The molecule has 2 aliphatic heterocycles. The highest BCUT2D eigenvalue weighted by molar-refractivity contribution is 7.92. The van der Waals surface area contributed by atoms with E-state index < -0.39 is 21.8 Å². The normalized spacial score (nSPS) is 23.1. The number of carbonyl (C=O) groups is 2. The van der Waals surface area contributed by atoms with Crippen LogP contribution in [0.5, 0.6) is 0 Å². The molecule has 2 aromatic rings. The number of benzene rings is 1. The molecular weight excluding hydrogens is 464 g/mol. The van der Waals surface area contributed by atoms with Crippen molar-refractivity contribution in [3.8, 4) is 10.4 Å². The molecule has 2 N–H and O–H groups in total. The number of carboxylic acids is 2. The molecule has 8 nitrogen and oxygen atoms in total. The maximum Gasteiger partial charge on any atom is 0.300 e. The van der Waals surface area contributed by atoms with Gasteiger partial charge in [-0.3, -0.25) is 14.5 Å². The zero-order valence-electron chi connectivity index (χ0n) is 19.3. The van der Waals surface area contributed by atoms with Crippen LogP contribution < -0.4 is 0 Å². The molecule has 0 bridgehead atoms. The summed E-state index contributed by atoms with van der Waals surface area (Å²) in [4.78, 5) is 25.0. The van der Waals surface area contributed by atoms with Crippen molar-refractivity contribution in [2.24, 2.45) is 5.92 Å². The second kappa shape index (κ2) is 11.7. The summed E-state index contributed by atoms with van der Waals surface area (Å²) in [7, 11) is 1.03. The zero-order valence-corrected chi connectivity index (χ0v) is 21.0. The van der Waals surface area contributed by atoms with Crippen LogP contribution in [0.25, 0.3) is 10.4 Å². The Morgan fingerprint density at radius 1 is 1.03 bits per heavy atom. The van der Waals surface area contributed by atoms with Crippen LogP contribution in [-0.2, 0) is 26.0 Å². The molecule has 1 aromatic heterocycles. The van der Waals surface area contributed by atoms with Gasteiger partial charge in [0.05, 0.1) is 11.0 Å². The Hall–Kier alpha value is -2.27. The molecule has 0 amide bonds. The number of fused-ring (bicyclic) bond motifs is 1. The zero-order chi connectivity index (χ0) is 24.8. The van der Waals surface area contributed by atoms with E-state index in [4.69, 9.17) is 19.8 Å². The van der Waals surface area contributed by atoms with Gasteiger partial charge in [0.2, 0.25) is 0 Å². The fraction of sp³-hybridized carbons (Fsp3) is 0.478. The van der Waals surface area contributed by atoms with Gasteiger partial charge in [-0.15, -0.1) is 11.3 Å². The molecule has 0 unspecified atom stereocenters. The molecule has 33 heavy (non-hydrogen) atoms. The molecule has 3 heterocycles. The molecule has 182 valence electrons. The standard InChI is InChI=1S/C19H24N2O2S2.2C2H4O2/c1-20(2)17-13-25(22,23)19-12-21(11-16(17)19)10-15-8-9-18(24-15)14-6-4-3-5-7-14;2*1-2(3)4/h3-9,16-17,19H,10-13H2,1-2H3;2*1H3,(H,3,4)/t16-,17+,19-;;/m0../s1. The lowest BCUT2D eigenvalue weighted by Gasteiger charge is -2.24. The molecule has 2 aliphatic rings. The molecule has 2 saturated heterocycles. The van der Waals surface area contributed by atoms with E-state index in [1.165, 1.54) is 15.3 Å². The first-order valence-corrected chi connectivity index (χ1v) is 13.1. The van der Waals surface area contributed by atoms with Crippen LogP contribution in [0.1, 0.15) is 18.7 Å². The molecule has 4 rings (SSSR count). The Bertz CT molecular complexity index is 1020. The quantitative estimate of drug-likeness (QED) is 0.664. The van der Waals surface area contributed by atoms with Crippen molar-refractivity contribution in [2.75, 3.05) is 32.9 Å². The summed E-state index contributed by atoms with van der Waals surface area (Å²) in [5.41, 5.74) is 1.24. The third kappa shape index (κ3) is 7.92. The lowest BCUT2D eigenvalue weighted by Crippen LogP contribution is -2.37. The number of thiophene rings is 1. The topological polar surface area (TPSA) is 115 Å². The average Bonchev–Trinajstić information content (AvgIpc) is 3.39. The molecular formula is C23H32N2O6S2. The van der Waals surface area contributed by atoms with Crippen molar-refractivity contribution in [1.29, 1.82) is 0 Å². The van der Waals surface area contributed by atoms with Crippen molar-refractivity contribution in [3.63, 3.8) is 0 Å². The highest BCUT2D eigenvalue weighted by Crippen LogP contribution is 2.37. The van der Waals surface area contributed by atoms with Crippen LogP contribution in [0, 0.1) is 5.92 Å². The van der Waals surface area contributed by atoms with E-state index in [-0.39, 0.29) is 17.2 Å². The second-order valence-electron chi connectivity index (χ2n) is 8.43. The fourth-order valence-corrected chi connectivity index (χ4v) is 7.78. The summed E-state index contributed by atoms with van der Waals surface area (Å²) < 4.78 is 25.0. The largest absolute Gasteiger partial charge is 0.481 e. The summed E-state index contributed by atoms with van der Waals surface area (Å²) in [6.45, 7) is 4.57. The number of likely N-dealkylation sites (tertiary alicyclic amines) is 1. The number of sulfone groups is 1. The van der Waals surface area contributed by atoms with Gasteiger partial charge in [0.15, 0.2) is 9.84 Å². The number of rotatable bonds is 4. The van der Waals surface area contributed by atoms with E-state index in [9.17, 15) is 8.42 Å². The van der Waals surface area contributed by atoms with Crippen molar-refractivity contribution >= 4 is 33.1 Å². The summed E-state index contributed by atoms with van der Waals surface area (Å²) in [5.74, 6) is -1.10. The maximum absolute atomic E-state index is 12.5. The Balaban J connectivity index is 0.000000420. The van der Waals surface area contributed by atoms with Gasteiger partial charge >= 0.3 is 0 Å². The Kier molecular flexibility index (Phi) is 9.59. The molecule has 2 fully saturated rings. The minimum atomic E-state index is -2.96.